The molecule has 0 fully saturated rings. The van der Waals surface area contributed by atoms with E-state index >= 15 is 0 Å². The van der Waals surface area contributed by atoms with Crippen molar-refractivity contribution >= 4 is 12.0 Å². The van der Waals surface area contributed by atoms with Crippen molar-refractivity contribution in [2.24, 2.45) is 5.73 Å². The first kappa shape index (κ1) is 21.6. The average Bonchev–Trinajstić information content (AvgIpc) is 2.44. The molecule has 23 heavy (non-hydrogen) atoms. The van der Waals surface area contributed by atoms with Gasteiger partial charge in [0.25, 0.3) is 0 Å². The summed E-state index contributed by atoms with van der Waals surface area (Å²) >= 11 is 0. The largest absolute Gasteiger partial charge is 0.444 e. The molecule has 8 nitrogen and oxygen atoms in total. The normalized spacial score (nSPS) is 11.1. The number of hydrogen-bond acceptors (Lipinski definition) is 6. The quantitative estimate of drug-likeness (QED) is 0.446. The van der Waals surface area contributed by atoms with Crippen LogP contribution in [0.5, 0.6) is 0 Å². The van der Waals surface area contributed by atoms with Crippen molar-refractivity contribution in [2.45, 2.75) is 39.2 Å². The Morgan fingerprint density at radius 2 is 1.65 bits per heavy atom. The molecule has 0 aromatic heterocycles. The minimum Gasteiger partial charge on any atom is -0.444 e. The van der Waals surface area contributed by atoms with Crippen LogP contribution in [0.4, 0.5) is 4.79 Å². The monoisotopic (exact) mass is 333 g/mol. The smallest absolute Gasteiger partial charge is 0.407 e. The van der Waals surface area contributed by atoms with Gasteiger partial charge >= 0.3 is 6.09 Å². The summed E-state index contributed by atoms with van der Waals surface area (Å²) in [7, 11) is 0. The van der Waals surface area contributed by atoms with E-state index in [1.807, 2.05) is 20.8 Å². The Kier molecular flexibility index (Phi) is 12.3. The molecule has 0 saturated heterocycles. The summed E-state index contributed by atoms with van der Waals surface area (Å²) in [6, 6.07) is 0. The summed E-state index contributed by atoms with van der Waals surface area (Å²) in [6.45, 7) is 8.63. The van der Waals surface area contributed by atoms with E-state index < -0.39 is 11.7 Å². The van der Waals surface area contributed by atoms with Gasteiger partial charge in [-0.25, -0.2) is 4.79 Å². The highest BCUT2D eigenvalue weighted by atomic mass is 16.6. The van der Waals surface area contributed by atoms with Crippen molar-refractivity contribution in [3.8, 4) is 0 Å². The van der Waals surface area contributed by atoms with Crippen LogP contribution in [0.1, 0.15) is 33.6 Å². The Balaban J connectivity index is 3.35. The number of alkyl carbamates (subject to hydrolysis) is 1. The summed E-state index contributed by atoms with van der Waals surface area (Å²) in [5, 5.41) is 5.36. The van der Waals surface area contributed by atoms with Gasteiger partial charge in [0.2, 0.25) is 5.91 Å². The SMILES string of the molecule is CC(C)(C)OC(=O)NCCCOCCC(=O)NCCOCCN. The third kappa shape index (κ3) is 16.8. The van der Waals surface area contributed by atoms with Crippen LogP contribution in [-0.2, 0) is 19.0 Å². The van der Waals surface area contributed by atoms with Gasteiger partial charge in [-0.15, -0.1) is 0 Å². The van der Waals surface area contributed by atoms with Gasteiger partial charge in [0, 0.05) is 32.7 Å². The van der Waals surface area contributed by atoms with Crippen molar-refractivity contribution in [1.82, 2.24) is 10.6 Å². The van der Waals surface area contributed by atoms with E-state index in [1.165, 1.54) is 0 Å². The number of carbonyl (C=O) groups excluding carboxylic acids is 2. The van der Waals surface area contributed by atoms with Crippen molar-refractivity contribution in [3.05, 3.63) is 0 Å². The zero-order valence-electron chi connectivity index (χ0n) is 14.5. The predicted octanol–water partition coefficient (Wildman–Crippen LogP) is 0.399. The molecule has 8 heteroatoms. The van der Waals surface area contributed by atoms with Crippen LogP contribution in [0.15, 0.2) is 0 Å². The first-order valence-corrected chi connectivity index (χ1v) is 7.94. The van der Waals surface area contributed by atoms with Crippen molar-refractivity contribution in [2.75, 3.05) is 46.1 Å². The zero-order chi connectivity index (χ0) is 17.6. The summed E-state index contributed by atoms with van der Waals surface area (Å²) in [5.74, 6) is -0.0757. The molecule has 0 heterocycles. The highest BCUT2D eigenvalue weighted by Crippen LogP contribution is 2.06. The Bertz CT molecular complexity index is 332. The van der Waals surface area contributed by atoms with E-state index in [1.54, 1.807) is 0 Å². The third-order valence-electron chi connectivity index (χ3n) is 2.44. The van der Waals surface area contributed by atoms with Gasteiger partial charge in [0.05, 0.1) is 19.8 Å². The molecule has 0 saturated carbocycles. The van der Waals surface area contributed by atoms with Gasteiger partial charge in [-0.1, -0.05) is 0 Å². The molecule has 0 aromatic rings. The predicted molar refractivity (Wildman–Crippen MR) is 87.2 cm³/mol. The highest BCUT2D eigenvalue weighted by molar-refractivity contribution is 5.75. The molecule has 0 aliphatic heterocycles. The highest BCUT2D eigenvalue weighted by Gasteiger charge is 2.15. The second-order valence-corrected chi connectivity index (χ2v) is 5.90. The van der Waals surface area contributed by atoms with Gasteiger partial charge in [0.15, 0.2) is 0 Å². The molecule has 0 aromatic carbocycles. The number of carbonyl (C=O) groups is 2. The molecule has 0 rings (SSSR count). The van der Waals surface area contributed by atoms with Crippen molar-refractivity contribution in [1.29, 1.82) is 0 Å². The Morgan fingerprint density at radius 1 is 0.957 bits per heavy atom. The van der Waals surface area contributed by atoms with E-state index in [4.69, 9.17) is 19.9 Å². The van der Waals surface area contributed by atoms with Gasteiger partial charge < -0.3 is 30.6 Å². The fourth-order valence-electron chi connectivity index (χ4n) is 1.48. The number of nitrogens with one attached hydrogen (secondary N) is 2. The van der Waals surface area contributed by atoms with Gasteiger partial charge in [0.1, 0.15) is 5.60 Å². The topological polar surface area (TPSA) is 112 Å². The third-order valence-corrected chi connectivity index (χ3v) is 2.44. The van der Waals surface area contributed by atoms with Crippen LogP contribution in [0, 0.1) is 0 Å². The minimum atomic E-state index is -0.497. The number of amides is 2. The fraction of sp³-hybridized carbons (Fsp3) is 0.867. The molecule has 2 amide bonds. The van der Waals surface area contributed by atoms with Gasteiger partial charge in [-0.3, -0.25) is 4.79 Å². The lowest BCUT2D eigenvalue weighted by Crippen LogP contribution is -2.33. The van der Waals surface area contributed by atoms with Crippen LogP contribution in [0.3, 0.4) is 0 Å². The second-order valence-electron chi connectivity index (χ2n) is 5.90. The van der Waals surface area contributed by atoms with Crippen LogP contribution in [0.2, 0.25) is 0 Å². The Hall–Kier alpha value is -1.38. The van der Waals surface area contributed by atoms with E-state index in [2.05, 4.69) is 10.6 Å². The van der Waals surface area contributed by atoms with E-state index in [0.717, 1.165) is 0 Å². The minimum absolute atomic E-state index is 0.0757. The standard InChI is InChI=1S/C15H31N3O5/c1-15(2,3)23-14(20)18-7-4-9-21-10-5-13(19)17-8-12-22-11-6-16/h4-12,16H2,1-3H3,(H,17,19)(H,18,20). The van der Waals surface area contributed by atoms with Crippen LogP contribution in [0.25, 0.3) is 0 Å². The fourth-order valence-corrected chi connectivity index (χ4v) is 1.48. The Morgan fingerprint density at radius 3 is 2.30 bits per heavy atom. The first-order chi connectivity index (χ1) is 10.8. The number of ether oxygens (including phenoxy) is 3. The van der Waals surface area contributed by atoms with E-state index in [9.17, 15) is 9.59 Å². The number of rotatable bonds is 12. The molecule has 4 N–H and O–H groups in total. The second kappa shape index (κ2) is 13.1. The van der Waals surface area contributed by atoms with Gasteiger partial charge in [-0.2, -0.15) is 0 Å². The Labute approximate surface area is 138 Å². The molecule has 0 radical (unpaired) electrons. The zero-order valence-corrected chi connectivity index (χ0v) is 14.5. The lowest BCUT2D eigenvalue weighted by atomic mass is 10.2. The van der Waals surface area contributed by atoms with Crippen molar-refractivity contribution < 1.29 is 23.8 Å². The maximum atomic E-state index is 11.4. The van der Waals surface area contributed by atoms with Crippen LogP contribution < -0.4 is 16.4 Å². The average molecular weight is 333 g/mol. The summed E-state index contributed by atoms with van der Waals surface area (Å²) in [5.41, 5.74) is 4.77. The maximum absolute atomic E-state index is 11.4. The molecular formula is C15H31N3O5. The molecule has 136 valence electrons. The van der Waals surface area contributed by atoms with Crippen LogP contribution in [-0.4, -0.2) is 63.7 Å². The number of nitrogens with two attached hydrogens (primary N) is 1. The molecule has 0 unspecified atom stereocenters. The summed E-state index contributed by atoms with van der Waals surface area (Å²) < 4.78 is 15.6. The first-order valence-electron chi connectivity index (χ1n) is 7.94. The summed E-state index contributed by atoms with van der Waals surface area (Å²) in [4.78, 5) is 22.8. The van der Waals surface area contributed by atoms with Gasteiger partial charge in [-0.05, 0) is 27.2 Å². The van der Waals surface area contributed by atoms with Crippen molar-refractivity contribution in [3.63, 3.8) is 0 Å². The maximum Gasteiger partial charge on any atom is 0.407 e. The molecule has 0 aliphatic carbocycles. The van der Waals surface area contributed by atoms with Crippen LogP contribution >= 0.6 is 0 Å². The molecule has 0 atom stereocenters. The lowest BCUT2D eigenvalue weighted by molar-refractivity contribution is -0.122. The molecule has 0 aliphatic rings. The molecule has 0 spiro atoms. The van der Waals surface area contributed by atoms with E-state index in [0.29, 0.717) is 58.9 Å². The number of hydrogen-bond donors (Lipinski definition) is 3. The van der Waals surface area contributed by atoms with E-state index in [-0.39, 0.29) is 5.91 Å². The summed E-state index contributed by atoms with van der Waals surface area (Å²) in [6.07, 6.45) is 0.526. The lowest BCUT2D eigenvalue weighted by Gasteiger charge is -2.19. The molecular weight excluding hydrogens is 302 g/mol. The molecule has 0 bridgehead atoms.